The molecule has 0 saturated heterocycles. The van der Waals surface area contributed by atoms with E-state index in [0.29, 0.717) is 5.75 Å². The van der Waals surface area contributed by atoms with E-state index in [2.05, 4.69) is 35.9 Å². The monoisotopic (exact) mass is 355 g/mol. The van der Waals surface area contributed by atoms with Gasteiger partial charge in [0.2, 0.25) is 0 Å². The first-order valence-corrected chi connectivity index (χ1v) is 8.96. The summed E-state index contributed by atoms with van der Waals surface area (Å²) < 4.78 is 6.37. The van der Waals surface area contributed by atoms with Crippen molar-refractivity contribution < 1.29 is 4.74 Å². The van der Waals surface area contributed by atoms with Gasteiger partial charge in [0.05, 0.1) is 11.2 Å². The van der Waals surface area contributed by atoms with Gasteiger partial charge in [-0.25, -0.2) is 4.98 Å². The molecular formula is C23H21N3O. The lowest BCUT2D eigenvalue weighted by atomic mass is 10.1. The molecule has 0 aliphatic rings. The minimum atomic E-state index is 0.697. The fraction of sp³-hybridized carbons (Fsp3) is 0.174. The Morgan fingerprint density at radius 3 is 2.33 bits per heavy atom. The van der Waals surface area contributed by atoms with Gasteiger partial charge < -0.3 is 4.74 Å². The first-order valence-electron chi connectivity index (χ1n) is 8.96. The molecule has 0 radical (unpaired) electrons. The second kappa shape index (κ2) is 6.80. The summed E-state index contributed by atoms with van der Waals surface area (Å²) in [5.74, 6) is 1.47. The van der Waals surface area contributed by atoms with E-state index in [1.807, 2.05) is 44.2 Å². The van der Waals surface area contributed by atoms with E-state index < -0.39 is 0 Å². The zero-order valence-electron chi connectivity index (χ0n) is 15.9. The normalized spacial score (nSPS) is 11.0. The molecule has 3 aromatic heterocycles. The lowest BCUT2D eigenvalue weighted by molar-refractivity contribution is 0.486. The van der Waals surface area contributed by atoms with Gasteiger partial charge in [0, 0.05) is 23.5 Å². The van der Waals surface area contributed by atoms with Crippen LogP contribution in [0.3, 0.4) is 0 Å². The standard InChI is InChI=1S/C23H21N3O/c1-14-11-18-20(12-15(14)2)25-10-8-21(18)27-22-13-16(3)17(4)26-23(22)19-7-5-6-9-24-19/h5-13H,1-4H3. The average molecular weight is 355 g/mol. The molecule has 0 spiro atoms. The van der Waals surface area contributed by atoms with Gasteiger partial charge in [0.15, 0.2) is 5.75 Å². The summed E-state index contributed by atoms with van der Waals surface area (Å²) in [7, 11) is 0. The molecule has 0 unspecified atom stereocenters. The highest BCUT2D eigenvalue weighted by molar-refractivity contribution is 5.86. The lowest BCUT2D eigenvalue weighted by Crippen LogP contribution is -1.98. The Kier molecular flexibility index (Phi) is 4.32. The van der Waals surface area contributed by atoms with Gasteiger partial charge in [-0.15, -0.1) is 0 Å². The maximum atomic E-state index is 6.37. The van der Waals surface area contributed by atoms with Crippen molar-refractivity contribution in [3.63, 3.8) is 0 Å². The molecule has 0 aliphatic carbocycles. The third-order valence-corrected chi connectivity index (χ3v) is 4.88. The highest BCUT2D eigenvalue weighted by atomic mass is 16.5. The van der Waals surface area contributed by atoms with Gasteiger partial charge >= 0.3 is 0 Å². The lowest BCUT2D eigenvalue weighted by Gasteiger charge is -2.14. The molecule has 3 heterocycles. The number of benzene rings is 1. The fourth-order valence-corrected chi connectivity index (χ4v) is 3.03. The molecule has 0 aliphatic heterocycles. The van der Waals surface area contributed by atoms with Gasteiger partial charge in [-0.3, -0.25) is 9.97 Å². The molecule has 0 bridgehead atoms. The van der Waals surface area contributed by atoms with Crippen molar-refractivity contribution >= 4 is 10.9 Å². The zero-order chi connectivity index (χ0) is 19.0. The van der Waals surface area contributed by atoms with Crippen LogP contribution < -0.4 is 4.74 Å². The molecule has 0 fully saturated rings. The summed E-state index contributed by atoms with van der Waals surface area (Å²) in [4.78, 5) is 13.7. The van der Waals surface area contributed by atoms with Gasteiger partial charge in [-0.2, -0.15) is 0 Å². The number of hydrogen-bond donors (Lipinski definition) is 0. The van der Waals surface area contributed by atoms with Crippen LogP contribution in [-0.4, -0.2) is 15.0 Å². The molecule has 4 aromatic rings. The topological polar surface area (TPSA) is 47.9 Å². The van der Waals surface area contributed by atoms with E-state index in [9.17, 15) is 0 Å². The van der Waals surface area contributed by atoms with Crippen LogP contribution in [0.15, 0.2) is 54.9 Å². The van der Waals surface area contributed by atoms with Crippen molar-refractivity contribution in [2.24, 2.45) is 0 Å². The third-order valence-electron chi connectivity index (χ3n) is 4.88. The van der Waals surface area contributed by atoms with Crippen molar-refractivity contribution in [2.45, 2.75) is 27.7 Å². The zero-order valence-corrected chi connectivity index (χ0v) is 15.9. The van der Waals surface area contributed by atoms with E-state index in [1.165, 1.54) is 11.1 Å². The van der Waals surface area contributed by atoms with Crippen LogP contribution in [0.2, 0.25) is 0 Å². The minimum Gasteiger partial charge on any atom is -0.454 e. The predicted octanol–water partition coefficient (Wildman–Crippen LogP) is 5.72. The van der Waals surface area contributed by atoms with Crippen LogP contribution in [0.5, 0.6) is 11.5 Å². The molecule has 0 atom stereocenters. The van der Waals surface area contributed by atoms with Crippen LogP contribution in [-0.2, 0) is 0 Å². The predicted molar refractivity (Wildman–Crippen MR) is 108 cm³/mol. The van der Waals surface area contributed by atoms with Crippen molar-refractivity contribution in [2.75, 3.05) is 0 Å². The Morgan fingerprint density at radius 2 is 1.56 bits per heavy atom. The molecule has 4 nitrogen and oxygen atoms in total. The van der Waals surface area contributed by atoms with Gasteiger partial charge in [0.1, 0.15) is 11.4 Å². The van der Waals surface area contributed by atoms with Crippen LogP contribution in [0.1, 0.15) is 22.4 Å². The Bertz CT molecular complexity index is 1140. The largest absolute Gasteiger partial charge is 0.454 e. The smallest absolute Gasteiger partial charge is 0.155 e. The Morgan fingerprint density at radius 1 is 0.741 bits per heavy atom. The van der Waals surface area contributed by atoms with Crippen LogP contribution in [0.25, 0.3) is 22.3 Å². The molecule has 0 N–H and O–H groups in total. The maximum Gasteiger partial charge on any atom is 0.155 e. The summed E-state index contributed by atoms with van der Waals surface area (Å²) in [6.07, 6.45) is 3.55. The first-order chi connectivity index (χ1) is 13.0. The van der Waals surface area contributed by atoms with Gasteiger partial charge in [0.25, 0.3) is 0 Å². The summed E-state index contributed by atoms with van der Waals surface area (Å²) in [5, 5.41) is 0.991. The SMILES string of the molecule is Cc1cc2nccc(Oc3cc(C)c(C)nc3-c3ccccn3)c2cc1C. The number of aryl methyl sites for hydroxylation is 4. The molecule has 27 heavy (non-hydrogen) atoms. The second-order valence-electron chi connectivity index (χ2n) is 6.82. The van der Waals surface area contributed by atoms with Crippen LogP contribution >= 0.6 is 0 Å². The Balaban J connectivity index is 1.87. The number of nitrogens with zero attached hydrogens (tertiary/aromatic N) is 3. The summed E-state index contributed by atoms with van der Waals surface area (Å²) in [5.41, 5.74) is 6.93. The van der Waals surface area contributed by atoms with Gasteiger partial charge in [-0.1, -0.05) is 6.07 Å². The van der Waals surface area contributed by atoms with Crippen LogP contribution in [0, 0.1) is 27.7 Å². The van der Waals surface area contributed by atoms with E-state index in [0.717, 1.165) is 39.3 Å². The van der Waals surface area contributed by atoms with E-state index in [1.54, 1.807) is 12.4 Å². The van der Waals surface area contributed by atoms with E-state index >= 15 is 0 Å². The van der Waals surface area contributed by atoms with Crippen molar-refractivity contribution in [3.05, 3.63) is 77.2 Å². The van der Waals surface area contributed by atoms with E-state index in [-0.39, 0.29) is 0 Å². The molecular weight excluding hydrogens is 334 g/mol. The fourth-order valence-electron chi connectivity index (χ4n) is 3.03. The summed E-state index contributed by atoms with van der Waals surface area (Å²) >= 11 is 0. The Labute approximate surface area is 158 Å². The second-order valence-corrected chi connectivity index (χ2v) is 6.82. The van der Waals surface area contributed by atoms with Crippen molar-refractivity contribution in [1.29, 1.82) is 0 Å². The summed E-state index contributed by atoms with van der Waals surface area (Å²) in [6.45, 7) is 8.23. The number of fused-ring (bicyclic) bond motifs is 1. The number of ether oxygens (including phenoxy) is 1. The van der Waals surface area contributed by atoms with Crippen molar-refractivity contribution in [1.82, 2.24) is 15.0 Å². The van der Waals surface area contributed by atoms with E-state index in [4.69, 9.17) is 9.72 Å². The third kappa shape index (κ3) is 3.26. The number of pyridine rings is 3. The highest BCUT2D eigenvalue weighted by Gasteiger charge is 2.14. The first kappa shape index (κ1) is 17.2. The highest BCUT2D eigenvalue weighted by Crippen LogP contribution is 2.35. The van der Waals surface area contributed by atoms with Crippen molar-refractivity contribution in [3.8, 4) is 22.9 Å². The van der Waals surface area contributed by atoms with Crippen LogP contribution in [0.4, 0.5) is 0 Å². The molecule has 4 rings (SSSR count). The summed E-state index contributed by atoms with van der Waals surface area (Å²) in [6, 6.07) is 13.9. The molecule has 0 saturated carbocycles. The minimum absolute atomic E-state index is 0.697. The number of aromatic nitrogens is 3. The molecule has 134 valence electrons. The number of hydrogen-bond acceptors (Lipinski definition) is 4. The Hall–Kier alpha value is -3.27. The quantitative estimate of drug-likeness (QED) is 0.472. The number of rotatable bonds is 3. The molecule has 1 aromatic carbocycles. The average Bonchev–Trinajstić information content (AvgIpc) is 2.67. The maximum absolute atomic E-state index is 6.37. The molecule has 4 heteroatoms. The molecule has 0 amide bonds. The van der Waals surface area contributed by atoms with Gasteiger partial charge in [-0.05, 0) is 80.8 Å².